The third-order valence-electron chi connectivity index (χ3n) is 2.51. The fourth-order valence-corrected chi connectivity index (χ4v) is 2.65. The van der Waals surface area contributed by atoms with Crippen molar-refractivity contribution in [1.29, 1.82) is 0 Å². The number of nitrogens with zero attached hydrogens (tertiary/aromatic N) is 2. The number of rotatable bonds is 3. The van der Waals surface area contributed by atoms with Crippen molar-refractivity contribution in [2.45, 2.75) is 18.7 Å². The molecule has 2 rings (SSSR count). The average Bonchev–Trinajstić information content (AvgIpc) is 2.72. The van der Waals surface area contributed by atoms with Gasteiger partial charge in [-0.25, -0.2) is 4.68 Å². The van der Waals surface area contributed by atoms with Crippen LogP contribution in [-0.4, -0.2) is 9.78 Å². The Morgan fingerprint density at radius 2 is 2.06 bits per heavy atom. The molecule has 0 amide bonds. The Hall–Kier alpha value is -0.610. The van der Waals surface area contributed by atoms with Crippen LogP contribution in [0.3, 0.4) is 0 Å². The smallest absolute Gasteiger partial charge is 0.0790 e. The molecule has 0 spiro atoms. The molecular formula is C12H12Br2N2. The number of benzene rings is 1. The molecule has 0 radical (unpaired) electrons. The molecule has 1 heterocycles. The molecule has 0 saturated carbocycles. The van der Waals surface area contributed by atoms with Crippen LogP contribution < -0.4 is 0 Å². The molecule has 16 heavy (non-hydrogen) atoms. The van der Waals surface area contributed by atoms with E-state index in [0.29, 0.717) is 0 Å². The lowest BCUT2D eigenvalue weighted by Gasteiger charge is -2.08. The minimum atomic E-state index is 0.848. The first-order chi connectivity index (χ1) is 7.77. The molecule has 1 aromatic heterocycles. The third kappa shape index (κ3) is 2.09. The maximum absolute atomic E-state index is 4.45. The fourth-order valence-electron chi connectivity index (χ4n) is 1.73. The molecule has 0 N–H and O–H groups in total. The zero-order valence-corrected chi connectivity index (χ0v) is 12.1. The molecule has 0 saturated heterocycles. The van der Waals surface area contributed by atoms with Crippen LogP contribution in [0.5, 0.6) is 0 Å². The Morgan fingerprint density at radius 1 is 1.31 bits per heavy atom. The molecule has 0 aliphatic carbocycles. The van der Waals surface area contributed by atoms with Crippen molar-refractivity contribution in [3.63, 3.8) is 0 Å². The second kappa shape index (κ2) is 5.15. The van der Waals surface area contributed by atoms with Crippen LogP contribution in [-0.2, 0) is 11.8 Å². The summed E-state index contributed by atoms with van der Waals surface area (Å²) in [5.74, 6) is 0. The van der Waals surface area contributed by atoms with Crippen LogP contribution >= 0.6 is 31.9 Å². The number of alkyl halides is 1. The van der Waals surface area contributed by atoms with E-state index in [1.54, 1.807) is 0 Å². The van der Waals surface area contributed by atoms with Crippen molar-refractivity contribution in [2.24, 2.45) is 0 Å². The van der Waals surface area contributed by atoms with Crippen LogP contribution in [0.2, 0.25) is 0 Å². The number of hydrogen-bond donors (Lipinski definition) is 0. The first-order valence-corrected chi connectivity index (χ1v) is 7.06. The first-order valence-electron chi connectivity index (χ1n) is 5.14. The van der Waals surface area contributed by atoms with Crippen molar-refractivity contribution in [3.05, 3.63) is 46.2 Å². The van der Waals surface area contributed by atoms with Gasteiger partial charge in [0.2, 0.25) is 0 Å². The molecule has 2 aromatic rings. The summed E-state index contributed by atoms with van der Waals surface area (Å²) in [6, 6.07) is 8.13. The zero-order valence-electron chi connectivity index (χ0n) is 8.95. The van der Waals surface area contributed by atoms with Crippen LogP contribution in [0.1, 0.15) is 18.2 Å². The Labute approximate surface area is 112 Å². The van der Waals surface area contributed by atoms with E-state index in [1.165, 1.54) is 11.3 Å². The van der Waals surface area contributed by atoms with Gasteiger partial charge in [-0.15, -0.1) is 0 Å². The van der Waals surface area contributed by atoms with Crippen LogP contribution in [0.4, 0.5) is 0 Å². The quantitative estimate of drug-likeness (QED) is 0.767. The molecule has 2 nitrogen and oxygen atoms in total. The monoisotopic (exact) mass is 342 g/mol. The maximum atomic E-state index is 4.45. The average molecular weight is 344 g/mol. The SMILES string of the molecule is CCc1c(CBr)cnn1-c1ccccc1Br. The van der Waals surface area contributed by atoms with E-state index in [2.05, 4.69) is 49.9 Å². The van der Waals surface area contributed by atoms with E-state index in [-0.39, 0.29) is 0 Å². The summed E-state index contributed by atoms with van der Waals surface area (Å²) in [4.78, 5) is 0. The van der Waals surface area contributed by atoms with Crippen molar-refractivity contribution in [3.8, 4) is 5.69 Å². The highest BCUT2D eigenvalue weighted by atomic mass is 79.9. The lowest BCUT2D eigenvalue weighted by molar-refractivity contribution is 0.808. The zero-order chi connectivity index (χ0) is 11.5. The van der Waals surface area contributed by atoms with E-state index in [1.807, 2.05) is 29.1 Å². The number of aromatic nitrogens is 2. The summed E-state index contributed by atoms with van der Waals surface area (Å²) >= 11 is 7.04. The minimum Gasteiger partial charge on any atom is -0.236 e. The molecule has 1 aromatic carbocycles. The Bertz CT molecular complexity index is 492. The molecule has 84 valence electrons. The van der Waals surface area contributed by atoms with Crippen molar-refractivity contribution in [1.82, 2.24) is 9.78 Å². The van der Waals surface area contributed by atoms with Gasteiger partial charge in [-0.2, -0.15) is 5.10 Å². The molecule has 0 bridgehead atoms. The van der Waals surface area contributed by atoms with Crippen LogP contribution in [0.15, 0.2) is 34.9 Å². The van der Waals surface area contributed by atoms with Gasteiger partial charge in [-0.1, -0.05) is 35.0 Å². The lowest BCUT2D eigenvalue weighted by atomic mass is 10.2. The Kier molecular flexibility index (Phi) is 3.82. The number of halogens is 2. The second-order valence-corrected chi connectivity index (χ2v) is 4.88. The van der Waals surface area contributed by atoms with Crippen LogP contribution in [0, 0.1) is 0 Å². The minimum absolute atomic E-state index is 0.848. The van der Waals surface area contributed by atoms with Crippen molar-refractivity contribution >= 4 is 31.9 Å². The molecule has 4 heteroatoms. The number of para-hydroxylation sites is 1. The van der Waals surface area contributed by atoms with Gasteiger partial charge in [0.1, 0.15) is 0 Å². The van der Waals surface area contributed by atoms with Crippen molar-refractivity contribution in [2.75, 3.05) is 0 Å². The molecule has 0 aliphatic heterocycles. The standard InChI is InChI=1S/C12H12Br2N2/c1-2-11-9(7-13)8-15-16(11)12-6-4-3-5-10(12)14/h3-6,8H,2,7H2,1H3. The van der Waals surface area contributed by atoms with E-state index in [9.17, 15) is 0 Å². The summed E-state index contributed by atoms with van der Waals surface area (Å²) in [5, 5.41) is 5.29. The number of hydrogen-bond acceptors (Lipinski definition) is 1. The highest BCUT2D eigenvalue weighted by Gasteiger charge is 2.11. The predicted molar refractivity (Wildman–Crippen MR) is 73.3 cm³/mol. The van der Waals surface area contributed by atoms with Gasteiger partial charge >= 0.3 is 0 Å². The molecule has 0 fully saturated rings. The van der Waals surface area contributed by atoms with Gasteiger partial charge in [0.25, 0.3) is 0 Å². The van der Waals surface area contributed by atoms with Crippen LogP contribution in [0.25, 0.3) is 5.69 Å². The Morgan fingerprint density at radius 3 is 2.69 bits per heavy atom. The maximum Gasteiger partial charge on any atom is 0.0790 e. The summed E-state index contributed by atoms with van der Waals surface area (Å²) in [6.07, 6.45) is 2.90. The molecule has 0 aliphatic rings. The normalized spacial score (nSPS) is 10.7. The first kappa shape index (κ1) is 11.9. The summed E-state index contributed by atoms with van der Waals surface area (Å²) in [7, 11) is 0. The van der Waals surface area contributed by atoms with Gasteiger partial charge in [0, 0.05) is 21.1 Å². The van der Waals surface area contributed by atoms with Gasteiger partial charge in [0.15, 0.2) is 0 Å². The van der Waals surface area contributed by atoms with E-state index in [4.69, 9.17) is 0 Å². The van der Waals surface area contributed by atoms with E-state index < -0.39 is 0 Å². The molecule has 0 atom stereocenters. The summed E-state index contributed by atoms with van der Waals surface area (Å²) in [6.45, 7) is 2.15. The topological polar surface area (TPSA) is 17.8 Å². The predicted octanol–water partition coefficient (Wildman–Crippen LogP) is 4.09. The van der Waals surface area contributed by atoms with Gasteiger partial charge in [0.05, 0.1) is 11.9 Å². The van der Waals surface area contributed by atoms with Crippen molar-refractivity contribution < 1.29 is 0 Å². The van der Waals surface area contributed by atoms with Gasteiger partial charge < -0.3 is 0 Å². The van der Waals surface area contributed by atoms with E-state index in [0.717, 1.165) is 21.9 Å². The molecular weight excluding hydrogens is 332 g/mol. The second-order valence-electron chi connectivity index (χ2n) is 3.47. The third-order valence-corrected chi connectivity index (χ3v) is 3.79. The fraction of sp³-hybridized carbons (Fsp3) is 0.250. The van der Waals surface area contributed by atoms with Gasteiger partial charge in [-0.3, -0.25) is 0 Å². The highest BCUT2D eigenvalue weighted by Crippen LogP contribution is 2.23. The van der Waals surface area contributed by atoms with Gasteiger partial charge in [-0.05, 0) is 34.5 Å². The highest BCUT2D eigenvalue weighted by molar-refractivity contribution is 9.10. The molecule has 0 unspecified atom stereocenters. The largest absolute Gasteiger partial charge is 0.236 e. The lowest BCUT2D eigenvalue weighted by Crippen LogP contribution is -2.02. The van der Waals surface area contributed by atoms with E-state index >= 15 is 0 Å². The Balaban J connectivity index is 2.56. The summed E-state index contributed by atoms with van der Waals surface area (Å²) < 4.78 is 3.06. The summed E-state index contributed by atoms with van der Waals surface area (Å²) in [5.41, 5.74) is 3.59.